The van der Waals surface area contributed by atoms with E-state index in [1.807, 2.05) is 38.2 Å². The third-order valence-electron chi connectivity index (χ3n) is 2.66. The summed E-state index contributed by atoms with van der Waals surface area (Å²) in [6.45, 7) is 2.97. The summed E-state index contributed by atoms with van der Waals surface area (Å²) in [7, 11) is 1.83. The van der Waals surface area contributed by atoms with Crippen molar-refractivity contribution in [2.75, 3.05) is 24.3 Å². The van der Waals surface area contributed by atoms with Crippen LogP contribution in [0.15, 0.2) is 33.2 Å². The number of rotatable bonds is 6. The van der Waals surface area contributed by atoms with Crippen LogP contribution in [0.4, 0.5) is 17.3 Å². The van der Waals surface area contributed by atoms with Gasteiger partial charge in [-0.3, -0.25) is 0 Å². The van der Waals surface area contributed by atoms with Crippen LogP contribution < -0.4 is 10.6 Å². The molecule has 0 bridgehead atoms. The second-order valence-electron chi connectivity index (χ2n) is 4.19. The zero-order valence-electron chi connectivity index (χ0n) is 11.8. The van der Waals surface area contributed by atoms with Gasteiger partial charge in [0.25, 0.3) is 0 Å². The van der Waals surface area contributed by atoms with Gasteiger partial charge in [0.15, 0.2) is 5.82 Å². The molecule has 0 unspecified atom stereocenters. The molecule has 21 heavy (non-hydrogen) atoms. The largest absolute Gasteiger partial charge is 0.374 e. The lowest BCUT2D eigenvalue weighted by Gasteiger charge is -2.11. The molecule has 0 saturated heterocycles. The predicted molar refractivity (Wildman–Crippen MR) is 92.0 cm³/mol. The minimum atomic E-state index is 0.391. The van der Waals surface area contributed by atoms with Crippen molar-refractivity contribution in [1.82, 2.24) is 9.97 Å². The number of benzene rings is 1. The van der Waals surface area contributed by atoms with Crippen LogP contribution >= 0.6 is 31.9 Å². The lowest BCUT2D eigenvalue weighted by molar-refractivity contribution is 0.128. The van der Waals surface area contributed by atoms with Crippen LogP contribution in [0.2, 0.25) is 0 Å². The minimum absolute atomic E-state index is 0.391. The highest BCUT2D eigenvalue weighted by atomic mass is 79.9. The Morgan fingerprint density at radius 3 is 2.57 bits per heavy atom. The summed E-state index contributed by atoms with van der Waals surface area (Å²) < 4.78 is 7.33. The van der Waals surface area contributed by atoms with Crippen LogP contribution in [0.3, 0.4) is 0 Å². The molecule has 1 aromatic heterocycles. The SMILES string of the molecule is CCOCc1nc(NC)cc(Nc2ccc(Br)cc2Br)n1. The molecule has 0 atom stereocenters. The summed E-state index contributed by atoms with van der Waals surface area (Å²) in [6.07, 6.45) is 0. The maximum absolute atomic E-state index is 5.37. The topological polar surface area (TPSA) is 59.1 Å². The quantitative estimate of drug-likeness (QED) is 0.735. The van der Waals surface area contributed by atoms with Crippen molar-refractivity contribution in [3.63, 3.8) is 0 Å². The maximum Gasteiger partial charge on any atom is 0.158 e. The van der Waals surface area contributed by atoms with Gasteiger partial charge in [-0.25, -0.2) is 9.97 Å². The zero-order chi connectivity index (χ0) is 15.2. The summed E-state index contributed by atoms with van der Waals surface area (Å²) in [5.74, 6) is 2.10. The second kappa shape index (κ2) is 7.72. The molecule has 0 aliphatic rings. The Morgan fingerprint density at radius 2 is 1.90 bits per heavy atom. The Morgan fingerprint density at radius 1 is 1.14 bits per heavy atom. The first kappa shape index (κ1) is 16.2. The highest BCUT2D eigenvalue weighted by Gasteiger charge is 2.07. The summed E-state index contributed by atoms with van der Waals surface area (Å²) >= 11 is 6.96. The second-order valence-corrected chi connectivity index (χ2v) is 5.96. The lowest BCUT2D eigenvalue weighted by atomic mass is 10.3. The number of ether oxygens (including phenoxy) is 1. The van der Waals surface area contributed by atoms with E-state index >= 15 is 0 Å². The van der Waals surface area contributed by atoms with Crippen molar-refractivity contribution in [1.29, 1.82) is 0 Å². The van der Waals surface area contributed by atoms with E-state index in [9.17, 15) is 0 Å². The first-order valence-electron chi connectivity index (χ1n) is 6.48. The van der Waals surface area contributed by atoms with E-state index in [0.717, 1.165) is 20.5 Å². The van der Waals surface area contributed by atoms with E-state index in [0.29, 0.717) is 24.9 Å². The summed E-state index contributed by atoms with van der Waals surface area (Å²) in [5, 5.41) is 6.30. The van der Waals surface area contributed by atoms with Crippen molar-refractivity contribution < 1.29 is 4.74 Å². The van der Waals surface area contributed by atoms with Crippen LogP contribution in [0.25, 0.3) is 0 Å². The monoisotopic (exact) mass is 414 g/mol. The minimum Gasteiger partial charge on any atom is -0.374 e. The first-order valence-corrected chi connectivity index (χ1v) is 8.06. The van der Waals surface area contributed by atoms with Gasteiger partial charge < -0.3 is 15.4 Å². The molecule has 0 spiro atoms. The van der Waals surface area contributed by atoms with E-state index in [4.69, 9.17) is 4.74 Å². The fraction of sp³-hybridized carbons (Fsp3) is 0.286. The van der Waals surface area contributed by atoms with Crippen molar-refractivity contribution in [2.45, 2.75) is 13.5 Å². The smallest absolute Gasteiger partial charge is 0.158 e. The molecule has 1 heterocycles. The summed E-state index contributed by atoms with van der Waals surface area (Å²) in [4.78, 5) is 8.82. The number of nitrogens with one attached hydrogen (secondary N) is 2. The molecule has 7 heteroatoms. The molecular formula is C14H16Br2N4O. The van der Waals surface area contributed by atoms with E-state index in [1.54, 1.807) is 0 Å². The Hall–Kier alpha value is -1.18. The van der Waals surface area contributed by atoms with Gasteiger partial charge in [0, 0.05) is 28.7 Å². The molecular weight excluding hydrogens is 400 g/mol. The number of nitrogens with zero attached hydrogens (tertiary/aromatic N) is 2. The standard InChI is InChI=1S/C14H16Br2N4O/c1-3-21-8-14-19-12(17-2)7-13(20-14)18-11-5-4-9(15)6-10(11)16/h4-7H,3,8H2,1-2H3,(H2,17,18,19,20). The predicted octanol–water partition coefficient (Wildman–Crippen LogP) is 4.32. The summed E-state index contributed by atoms with van der Waals surface area (Å²) in [6, 6.07) is 7.76. The molecule has 112 valence electrons. The van der Waals surface area contributed by atoms with Gasteiger partial charge >= 0.3 is 0 Å². The third-order valence-corrected chi connectivity index (χ3v) is 3.81. The average molecular weight is 416 g/mol. The Balaban J connectivity index is 2.25. The van der Waals surface area contributed by atoms with Gasteiger partial charge in [-0.05, 0) is 41.1 Å². The molecule has 0 saturated carbocycles. The maximum atomic E-state index is 5.37. The van der Waals surface area contributed by atoms with Crippen LogP contribution in [-0.2, 0) is 11.3 Å². The van der Waals surface area contributed by atoms with Crippen molar-refractivity contribution in [3.05, 3.63) is 39.0 Å². The van der Waals surface area contributed by atoms with Gasteiger partial charge in [0.2, 0.25) is 0 Å². The molecule has 5 nitrogen and oxygen atoms in total. The Bertz CT molecular complexity index is 622. The fourth-order valence-electron chi connectivity index (χ4n) is 1.68. The number of hydrogen-bond acceptors (Lipinski definition) is 5. The van der Waals surface area contributed by atoms with Crippen LogP contribution in [-0.4, -0.2) is 23.6 Å². The molecule has 2 rings (SSSR count). The fourth-order valence-corrected chi connectivity index (χ4v) is 2.82. The summed E-state index contributed by atoms with van der Waals surface area (Å²) in [5.41, 5.74) is 0.932. The van der Waals surface area contributed by atoms with E-state index in [2.05, 4.69) is 52.5 Å². The van der Waals surface area contributed by atoms with E-state index < -0.39 is 0 Å². The van der Waals surface area contributed by atoms with Gasteiger partial charge in [0.05, 0.1) is 5.69 Å². The van der Waals surface area contributed by atoms with Gasteiger partial charge in [-0.15, -0.1) is 0 Å². The third kappa shape index (κ3) is 4.66. The van der Waals surface area contributed by atoms with Crippen LogP contribution in [0.5, 0.6) is 0 Å². The van der Waals surface area contributed by atoms with Crippen molar-refractivity contribution in [2.24, 2.45) is 0 Å². The lowest BCUT2D eigenvalue weighted by Crippen LogP contribution is -2.05. The first-order chi connectivity index (χ1) is 10.1. The molecule has 1 aromatic carbocycles. The molecule has 0 amide bonds. The highest BCUT2D eigenvalue weighted by molar-refractivity contribution is 9.11. The normalized spacial score (nSPS) is 10.5. The number of hydrogen-bond donors (Lipinski definition) is 2. The zero-order valence-corrected chi connectivity index (χ0v) is 15.0. The molecule has 2 aromatic rings. The van der Waals surface area contributed by atoms with Crippen molar-refractivity contribution in [3.8, 4) is 0 Å². The van der Waals surface area contributed by atoms with Gasteiger partial charge in [-0.1, -0.05) is 15.9 Å². The molecule has 2 N–H and O–H groups in total. The molecule has 0 aliphatic carbocycles. The van der Waals surface area contributed by atoms with E-state index in [1.165, 1.54) is 0 Å². The van der Waals surface area contributed by atoms with Crippen LogP contribution in [0, 0.1) is 0 Å². The van der Waals surface area contributed by atoms with Gasteiger partial charge in [0.1, 0.15) is 18.2 Å². The van der Waals surface area contributed by atoms with Crippen LogP contribution in [0.1, 0.15) is 12.7 Å². The van der Waals surface area contributed by atoms with Gasteiger partial charge in [-0.2, -0.15) is 0 Å². The van der Waals surface area contributed by atoms with Crippen molar-refractivity contribution >= 4 is 49.2 Å². The number of halogens is 2. The highest BCUT2D eigenvalue weighted by Crippen LogP contribution is 2.28. The van der Waals surface area contributed by atoms with E-state index in [-0.39, 0.29) is 0 Å². The molecule has 0 radical (unpaired) electrons. The average Bonchev–Trinajstić information content (AvgIpc) is 2.48. The Labute approximate surface area is 140 Å². The Kier molecular flexibility index (Phi) is 5.96. The number of anilines is 3. The number of aromatic nitrogens is 2. The molecule has 0 aliphatic heterocycles. The molecule has 0 fully saturated rings.